The summed E-state index contributed by atoms with van der Waals surface area (Å²) in [6.45, 7) is 3.87. The predicted molar refractivity (Wildman–Crippen MR) is 54.4 cm³/mol. The van der Waals surface area contributed by atoms with Crippen molar-refractivity contribution in [3.05, 3.63) is 0 Å². The van der Waals surface area contributed by atoms with Gasteiger partial charge in [-0.15, -0.1) is 0 Å². The molecule has 4 nitrogen and oxygen atoms in total. The Labute approximate surface area is 85.3 Å². The molecule has 82 valence electrons. The number of nitrogens with two attached hydrogens (primary N) is 1. The van der Waals surface area contributed by atoms with Gasteiger partial charge in [-0.05, 0) is 19.3 Å². The van der Waals surface area contributed by atoms with Crippen LogP contribution < -0.4 is 5.73 Å². The molecule has 0 aromatic heterocycles. The molecule has 1 aliphatic heterocycles. The first kappa shape index (κ1) is 11.5. The standard InChI is InChI=1S/C10H20N2O2/c1-2-5-9(8-11)10(13)12-6-3-4-7-14-12/h9H,2-8,11H2,1H3. The average Bonchev–Trinajstić information content (AvgIpc) is 2.26. The minimum atomic E-state index is -0.0573. The Hall–Kier alpha value is -0.610. The Balaban J connectivity index is 2.43. The van der Waals surface area contributed by atoms with Gasteiger partial charge >= 0.3 is 0 Å². The number of hydroxylamine groups is 2. The monoisotopic (exact) mass is 200 g/mol. The summed E-state index contributed by atoms with van der Waals surface area (Å²) in [7, 11) is 0. The molecule has 1 aliphatic rings. The van der Waals surface area contributed by atoms with Crippen LogP contribution in [0.15, 0.2) is 0 Å². The molecule has 0 spiro atoms. The third-order valence-electron chi connectivity index (χ3n) is 2.52. The van der Waals surface area contributed by atoms with Gasteiger partial charge in [0.2, 0.25) is 5.91 Å². The largest absolute Gasteiger partial charge is 0.330 e. The minimum absolute atomic E-state index is 0.0573. The van der Waals surface area contributed by atoms with Crippen LogP contribution in [0.2, 0.25) is 0 Å². The van der Waals surface area contributed by atoms with Gasteiger partial charge in [-0.3, -0.25) is 9.63 Å². The summed E-state index contributed by atoms with van der Waals surface area (Å²) in [5.74, 6) is 0.00662. The number of amides is 1. The molecule has 0 saturated carbocycles. The Bertz CT molecular complexity index is 172. The van der Waals surface area contributed by atoms with Crippen LogP contribution in [0.3, 0.4) is 0 Å². The lowest BCUT2D eigenvalue weighted by Gasteiger charge is -2.28. The molecule has 1 heterocycles. The highest BCUT2D eigenvalue weighted by Crippen LogP contribution is 2.13. The van der Waals surface area contributed by atoms with E-state index in [0.29, 0.717) is 13.2 Å². The van der Waals surface area contributed by atoms with Crippen LogP contribution in [0.25, 0.3) is 0 Å². The molecule has 1 atom stereocenters. The quantitative estimate of drug-likeness (QED) is 0.734. The van der Waals surface area contributed by atoms with E-state index in [0.717, 1.165) is 32.2 Å². The van der Waals surface area contributed by atoms with Gasteiger partial charge in [-0.25, -0.2) is 5.06 Å². The molecule has 0 aliphatic carbocycles. The van der Waals surface area contributed by atoms with Gasteiger partial charge in [0.15, 0.2) is 0 Å². The van der Waals surface area contributed by atoms with E-state index < -0.39 is 0 Å². The van der Waals surface area contributed by atoms with Crippen LogP contribution >= 0.6 is 0 Å². The summed E-state index contributed by atoms with van der Waals surface area (Å²) in [6.07, 6.45) is 3.93. The second-order valence-electron chi connectivity index (χ2n) is 3.70. The van der Waals surface area contributed by atoms with Gasteiger partial charge in [-0.2, -0.15) is 0 Å². The van der Waals surface area contributed by atoms with E-state index in [1.165, 1.54) is 5.06 Å². The second kappa shape index (κ2) is 5.98. The molecule has 1 rings (SSSR count). The minimum Gasteiger partial charge on any atom is -0.330 e. The fourth-order valence-electron chi connectivity index (χ4n) is 1.66. The lowest BCUT2D eigenvalue weighted by atomic mass is 10.0. The van der Waals surface area contributed by atoms with Crippen molar-refractivity contribution in [3.63, 3.8) is 0 Å². The summed E-state index contributed by atoms with van der Waals surface area (Å²) in [5, 5.41) is 1.50. The molecule has 14 heavy (non-hydrogen) atoms. The Kier molecular flexibility index (Phi) is 4.90. The van der Waals surface area contributed by atoms with Crippen LogP contribution in [-0.4, -0.2) is 30.7 Å². The number of nitrogens with zero attached hydrogens (tertiary/aromatic N) is 1. The molecule has 0 radical (unpaired) electrons. The highest BCUT2D eigenvalue weighted by molar-refractivity contribution is 5.78. The summed E-state index contributed by atoms with van der Waals surface area (Å²) in [6, 6.07) is 0. The van der Waals surface area contributed by atoms with Crippen molar-refractivity contribution < 1.29 is 9.63 Å². The van der Waals surface area contributed by atoms with E-state index in [-0.39, 0.29) is 11.8 Å². The SMILES string of the molecule is CCCC(CN)C(=O)N1CCCCO1. The lowest BCUT2D eigenvalue weighted by molar-refractivity contribution is -0.201. The van der Waals surface area contributed by atoms with Crippen molar-refractivity contribution >= 4 is 5.91 Å². The van der Waals surface area contributed by atoms with Crippen LogP contribution in [0.1, 0.15) is 32.6 Å². The Morgan fingerprint density at radius 3 is 2.86 bits per heavy atom. The maximum absolute atomic E-state index is 11.8. The summed E-state index contributed by atoms with van der Waals surface area (Å²) in [4.78, 5) is 17.1. The first-order valence-electron chi connectivity index (χ1n) is 5.44. The van der Waals surface area contributed by atoms with Gasteiger partial charge < -0.3 is 5.73 Å². The summed E-state index contributed by atoms with van der Waals surface area (Å²) < 4.78 is 0. The predicted octanol–water partition coefficient (Wildman–Crippen LogP) is 0.915. The Morgan fingerprint density at radius 1 is 1.57 bits per heavy atom. The average molecular weight is 200 g/mol. The smallest absolute Gasteiger partial charge is 0.250 e. The fourth-order valence-corrected chi connectivity index (χ4v) is 1.66. The van der Waals surface area contributed by atoms with Crippen molar-refractivity contribution in [1.29, 1.82) is 0 Å². The van der Waals surface area contributed by atoms with E-state index in [4.69, 9.17) is 10.6 Å². The first-order valence-corrected chi connectivity index (χ1v) is 5.44. The van der Waals surface area contributed by atoms with Crippen molar-refractivity contribution in [2.24, 2.45) is 11.7 Å². The van der Waals surface area contributed by atoms with Gasteiger partial charge in [0.1, 0.15) is 0 Å². The summed E-state index contributed by atoms with van der Waals surface area (Å²) in [5.41, 5.74) is 5.56. The number of hydrogen-bond acceptors (Lipinski definition) is 3. The van der Waals surface area contributed by atoms with E-state index in [1.54, 1.807) is 0 Å². The third kappa shape index (κ3) is 2.96. The zero-order valence-corrected chi connectivity index (χ0v) is 8.87. The fraction of sp³-hybridized carbons (Fsp3) is 0.900. The highest BCUT2D eigenvalue weighted by atomic mass is 16.7. The zero-order valence-electron chi connectivity index (χ0n) is 8.87. The number of hydrogen-bond donors (Lipinski definition) is 1. The summed E-state index contributed by atoms with van der Waals surface area (Å²) >= 11 is 0. The zero-order chi connectivity index (χ0) is 10.4. The van der Waals surface area contributed by atoms with E-state index in [2.05, 4.69) is 6.92 Å². The van der Waals surface area contributed by atoms with Gasteiger partial charge in [0.05, 0.1) is 12.5 Å². The molecule has 1 unspecified atom stereocenters. The maximum atomic E-state index is 11.8. The topological polar surface area (TPSA) is 55.6 Å². The van der Waals surface area contributed by atoms with E-state index in [1.807, 2.05) is 0 Å². The second-order valence-corrected chi connectivity index (χ2v) is 3.70. The molecule has 0 aromatic carbocycles. The van der Waals surface area contributed by atoms with Crippen molar-refractivity contribution in [2.75, 3.05) is 19.7 Å². The molecule has 1 fully saturated rings. The van der Waals surface area contributed by atoms with Gasteiger partial charge in [0, 0.05) is 13.1 Å². The van der Waals surface area contributed by atoms with Gasteiger partial charge in [-0.1, -0.05) is 13.3 Å². The molecule has 1 saturated heterocycles. The van der Waals surface area contributed by atoms with E-state index >= 15 is 0 Å². The Morgan fingerprint density at radius 2 is 2.36 bits per heavy atom. The van der Waals surface area contributed by atoms with Crippen LogP contribution in [-0.2, 0) is 9.63 Å². The van der Waals surface area contributed by atoms with Crippen LogP contribution in [0.5, 0.6) is 0 Å². The maximum Gasteiger partial charge on any atom is 0.250 e. The molecule has 0 bridgehead atoms. The lowest BCUT2D eigenvalue weighted by Crippen LogP contribution is -2.41. The molecule has 4 heteroatoms. The van der Waals surface area contributed by atoms with Crippen molar-refractivity contribution in [1.82, 2.24) is 5.06 Å². The first-order chi connectivity index (χ1) is 6.79. The number of carbonyl (C=O) groups excluding carboxylic acids is 1. The molecular formula is C10H20N2O2. The van der Waals surface area contributed by atoms with Crippen LogP contribution in [0, 0.1) is 5.92 Å². The van der Waals surface area contributed by atoms with Crippen LogP contribution in [0.4, 0.5) is 0 Å². The third-order valence-corrected chi connectivity index (χ3v) is 2.52. The van der Waals surface area contributed by atoms with E-state index in [9.17, 15) is 4.79 Å². The normalized spacial score (nSPS) is 19.4. The number of rotatable bonds is 4. The molecular weight excluding hydrogens is 180 g/mol. The molecule has 1 amide bonds. The molecule has 0 aromatic rings. The molecule has 2 N–H and O–H groups in total. The van der Waals surface area contributed by atoms with Crippen molar-refractivity contribution in [3.8, 4) is 0 Å². The highest BCUT2D eigenvalue weighted by Gasteiger charge is 2.24. The van der Waals surface area contributed by atoms with Gasteiger partial charge in [0.25, 0.3) is 0 Å². The number of carbonyl (C=O) groups is 1. The van der Waals surface area contributed by atoms with Crippen molar-refractivity contribution in [2.45, 2.75) is 32.6 Å².